The zero-order valence-electron chi connectivity index (χ0n) is 13.3. The number of carbonyl (C=O) groups excluding carboxylic acids is 1. The molecule has 0 aromatic carbocycles. The average Bonchev–Trinajstić information content (AvgIpc) is 2.88. The fourth-order valence-electron chi connectivity index (χ4n) is 1.73. The molecule has 0 bridgehead atoms. The van der Waals surface area contributed by atoms with Gasteiger partial charge in [0.25, 0.3) is 0 Å². The summed E-state index contributed by atoms with van der Waals surface area (Å²) >= 11 is 3.17. The number of hydrogen-bond acceptors (Lipinski definition) is 8. The zero-order chi connectivity index (χ0) is 15.9. The molecule has 1 unspecified atom stereocenters. The SMILES string of the molecule is CCNC(C)(CCSc1nnc(N(C)C)s1)C(=O)OCC. The van der Waals surface area contributed by atoms with Gasteiger partial charge in [-0.15, -0.1) is 10.2 Å². The van der Waals surface area contributed by atoms with Crippen molar-refractivity contribution in [2.45, 2.75) is 37.1 Å². The number of thioether (sulfide) groups is 1. The maximum absolute atomic E-state index is 12.1. The van der Waals surface area contributed by atoms with E-state index >= 15 is 0 Å². The molecule has 1 aromatic rings. The second-order valence-electron chi connectivity index (χ2n) is 4.93. The molecule has 0 aliphatic heterocycles. The predicted molar refractivity (Wildman–Crippen MR) is 88.3 cm³/mol. The molecule has 0 aliphatic carbocycles. The van der Waals surface area contributed by atoms with E-state index < -0.39 is 5.54 Å². The van der Waals surface area contributed by atoms with Gasteiger partial charge in [-0.2, -0.15) is 0 Å². The quantitative estimate of drug-likeness (QED) is 0.548. The molecule has 1 heterocycles. The van der Waals surface area contributed by atoms with E-state index in [4.69, 9.17) is 4.74 Å². The summed E-state index contributed by atoms with van der Waals surface area (Å²) in [6.07, 6.45) is 0.682. The van der Waals surface area contributed by atoms with Gasteiger partial charge in [0.15, 0.2) is 4.34 Å². The lowest BCUT2D eigenvalue weighted by atomic mass is 9.99. The number of nitrogens with one attached hydrogen (secondary N) is 1. The smallest absolute Gasteiger partial charge is 0.326 e. The van der Waals surface area contributed by atoms with Gasteiger partial charge in [-0.25, -0.2) is 0 Å². The highest BCUT2D eigenvalue weighted by molar-refractivity contribution is 8.01. The lowest BCUT2D eigenvalue weighted by Gasteiger charge is -2.27. The molecule has 1 aromatic heterocycles. The molecular weight excluding hydrogens is 308 g/mol. The highest BCUT2D eigenvalue weighted by atomic mass is 32.2. The lowest BCUT2D eigenvalue weighted by Crippen LogP contribution is -2.50. The van der Waals surface area contributed by atoms with Crippen molar-refractivity contribution in [2.75, 3.05) is 37.9 Å². The third kappa shape index (κ3) is 5.44. The lowest BCUT2D eigenvalue weighted by molar-refractivity contribution is -0.150. The van der Waals surface area contributed by atoms with Gasteiger partial charge in [0, 0.05) is 19.8 Å². The summed E-state index contributed by atoms with van der Waals surface area (Å²) in [4.78, 5) is 14.0. The first kappa shape index (κ1) is 18.2. The van der Waals surface area contributed by atoms with Crippen LogP contribution < -0.4 is 10.2 Å². The molecule has 21 heavy (non-hydrogen) atoms. The zero-order valence-corrected chi connectivity index (χ0v) is 14.9. The Labute approximate surface area is 134 Å². The standard InChI is InChI=1S/C13H24N4O2S2/c1-6-14-13(3,10(18)19-7-2)8-9-20-12-16-15-11(21-12)17(4)5/h14H,6-9H2,1-5H3. The third-order valence-corrected chi connectivity index (χ3v) is 5.12. The van der Waals surface area contributed by atoms with Crippen LogP contribution in [0.5, 0.6) is 0 Å². The van der Waals surface area contributed by atoms with Gasteiger partial charge in [-0.1, -0.05) is 30.0 Å². The van der Waals surface area contributed by atoms with E-state index in [1.807, 2.05) is 39.8 Å². The Bertz CT molecular complexity index is 453. The summed E-state index contributed by atoms with van der Waals surface area (Å²) in [7, 11) is 3.88. The molecule has 0 aliphatic rings. The molecule has 1 atom stereocenters. The topological polar surface area (TPSA) is 67.4 Å². The Hall–Kier alpha value is -0.860. The largest absolute Gasteiger partial charge is 0.465 e. The summed E-state index contributed by atoms with van der Waals surface area (Å²) < 4.78 is 6.07. The van der Waals surface area contributed by atoms with Crippen LogP contribution in [0, 0.1) is 0 Å². The van der Waals surface area contributed by atoms with Crippen molar-refractivity contribution in [3.8, 4) is 0 Å². The van der Waals surface area contributed by atoms with Crippen LogP contribution in [0.15, 0.2) is 4.34 Å². The van der Waals surface area contributed by atoms with Crippen LogP contribution >= 0.6 is 23.1 Å². The first-order valence-electron chi connectivity index (χ1n) is 6.98. The highest BCUT2D eigenvalue weighted by Crippen LogP contribution is 2.28. The Morgan fingerprint density at radius 1 is 1.43 bits per heavy atom. The highest BCUT2D eigenvalue weighted by Gasteiger charge is 2.33. The molecule has 0 fully saturated rings. The summed E-state index contributed by atoms with van der Waals surface area (Å²) in [6, 6.07) is 0. The number of aromatic nitrogens is 2. The van der Waals surface area contributed by atoms with Crippen molar-refractivity contribution in [1.29, 1.82) is 0 Å². The maximum atomic E-state index is 12.1. The molecule has 0 spiro atoms. The minimum absolute atomic E-state index is 0.196. The van der Waals surface area contributed by atoms with Gasteiger partial charge in [0.2, 0.25) is 5.13 Å². The number of esters is 1. The van der Waals surface area contributed by atoms with Crippen molar-refractivity contribution in [2.24, 2.45) is 0 Å². The number of anilines is 1. The first-order valence-corrected chi connectivity index (χ1v) is 8.79. The van der Waals surface area contributed by atoms with E-state index in [9.17, 15) is 4.79 Å². The van der Waals surface area contributed by atoms with E-state index in [1.54, 1.807) is 23.1 Å². The second kappa shape index (κ2) is 8.55. The molecule has 1 N–H and O–H groups in total. The molecule has 0 radical (unpaired) electrons. The number of ether oxygens (including phenoxy) is 1. The molecule has 0 saturated heterocycles. The maximum Gasteiger partial charge on any atom is 0.326 e. The minimum Gasteiger partial charge on any atom is -0.465 e. The van der Waals surface area contributed by atoms with Gasteiger partial charge in [-0.3, -0.25) is 4.79 Å². The molecule has 1 rings (SSSR count). The molecule has 8 heteroatoms. The monoisotopic (exact) mass is 332 g/mol. The first-order chi connectivity index (χ1) is 9.92. The van der Waals surface area contributed by atoms with Gasteiger partial charge in [0.05, 0.1) is 6.61 Å². The minimum atomic E-state index is -0.646. The number of nitrogens with zero attached hydrogens (tertiary/aromatic N) is 3. The summed E-state index contributed by atoms with van der Waals surface area (Å²) in [5.74, 6) is 0.586. The van der Waals surface area contributed by atoms with Gasteiger partial charge < -0.3 is 15.0 Å². The van der Waals surface area contributed by atoms with E-state index in [0.717, 1.165) is 21.8 Å². The Kier molecular flexibility index (Phi) is 7.41. The van der Waals surface area contributed by atoms with Crippen LogP contribution in [0.3, 0.4) is 0 Å². The second-order valence-corrected chi connectivity index (χ2v) is 7.22. The van der Waals surface area contributed by atoms with Crippen molar-refractivity contribution in [3.05, 3.63) is 0 Å². The summed E-state index contributed by atoms with van der Waals surface area (Å²) in [5.41, 5.74) is -0.646. The van der Waals surface area contributed by atoms with Gasteiger partial charge in [0.1, 0.15) is 5.54 Å². The number of rotatable bonds is 9. The van der Waals surface area contributed by atoms with E-state index in [2.05, 4.69) is 15.5 Å². The fraction of sp³-hybridized carbons (Fsp3) is 0.769. The Morgan fingerprint density at radius 3 is 2.67 bits per heavy atom. The molecule has 0 amide bonds. The van der Waals surface area contributed by atoms with Crippen molar-refractivity contribution in [1.82, 2.24) is 15.5 Å². The molecule has 0 saturated carbocycles. The van der Waals surface area contributed by atoms with Crippen molar-refractivity contribution < 1.29 is 9.53 Å². The van der Waals surface area contributed by atoms with E-state index in [0.29, 0.717) is 13.0 Å². The number of carbonyl (C=O) groups is 1. The molecular formula is C13H24N4O2S2. The van der Waals surface area contributed by atoms with Gasteiger partial charge >= 0.3 is 5.97 Å². The number of hydrogen-bond donors (Lipinski definition) is 1. The van der Waals surface area contributed by atoms with Gasteiger partial charge in [-0.05, 0) is 26.8 Å². The molecule has 120 valence electrons. The van der Waals surface area contributed by atoms with Crippen LogP contribution in [0.2, 0.25) is 0 Å². The van der Waals surface area contributed by atoms with Crippen molar-refractivity contribution >= 4 is 34.2 Å². The van der Waals surface area contributed by atoms with Crippen LogP contribution in [-0.2, 0) is 9.53 Å². The van der Waals surface area contributed by atoms with E-state index in [1.165, 1.54) is 0 Å². The summed E-state index contributed by atoms with van der Waals surface area (Å²) in [6.45, 7) is 6.82. The molecule has 6 nitrogen and oxygen atoms in total. The predicted octanol–water partition coefficient (Wildman–Crippen LogP) is 2.02. The third-order valence-electron chi connectivity index (χ3n) is 2.90. The Balaban J connectivity index is 2.54. The van der Waals surface area contributed by atoms with Crippen LogP contribution in [0.4, 0.5) is 5.13 Å². The van der Waals surface area contributed by atoms with Crippen LogP contribution in [0.25, 0.3) is 0 Å². The fourth-order valence-corrected chi connectivity index (χ4v) is 3.72. The normalized spacial score (nSPS) is 13.8. The number of likely N-dealkylation sites (N-methyl/N-ethyl adjacent to an activating group) is 1. The van der Waals surface area contributed by atoms with E-state index in [-0.39, 0.29) is 5.97 Å². The van der Waals surface area contributed by atoms with Crippen LogP contribution in [-0.4, -0.2) is 54.7 Å². The van der Waals surface area contributed by atoms with Crippen LogP contribution in [0.1, 0.15) is 27.2 Å². The van der Waals surface area contributed by atoms with Crippen molar-refractivity contribution in [3.63, 3.8) is 0 Å². The Morgan fingerprint density at radius 2 is 2.14 bits per heavy atom. The summed E-state index contributed by atoms with van der Waals surface area (Å²) in [5, 5.41) is 12.3. The average molecular weight is 332 g/mol.